The maximum atomic E-state index is 8.25. The number of quaternary nitrogens is 1. The van der Waals surface area contributed by atoms with Crippen molar-refractivity contribution in [3.05, 3.63) is 15.3 Å². The molecule has 0 heterocycles. The molecule has 0 fully saturated rings. The Morgan fingerprint density at radius 3 is 1.00 bits per heavy atom. The molecule has 0 atom stereocenters. The fourth-order valence-electron chi connectivity index (χ4n) is 0. The smallest absolute Gasteiger partial charge is 0.0689 e. The lowest BCUT2D eigenvalue weighted by Crippen LogP contribution is -1.74. The van der Waals surface area contributed by atoms with Gasteiger partial charge in [0.1, 0.15) is 0 Å². The van der Waals surface area contributed by atoms with Crippen LogP contribution in [0.3, 0.4) is 0 Å². The van der Waals surface area contributed by atoms with Crippen LogP contribution < -0.4 is 6.15 Å². The van der Waals surface area contributed by atoms with Crippen LogP contribution in [0.15, 0.2) is 0 Å². The molecule has 0 spiro atoms. The first-order chi connectivity index (χ1) is 1.73. The van der Waals surface area contributed by atoms with E-state index in [1.165, 1.54) is 0 Å². The van der Waals surface area contributed by atoms with Crippen molar-refractivity contribution in [1.82, 2.24) is 6.15 Å². The number of nitrogens with zero attached hydrogens (tertiary/aromatic N) is 1. The van der Waals surface area contributed by atoms with E-state index in [1.807, 2.05) is 0 Å². The highest BCUT2D eigenvalue weighted by Crippen LogP contribution is 1.44. The standard InChI is InChI=1S/NO3.H3N.3H2O/c2-1(3)4;;;;/h;1H3;3*1H2/q-1;;;;/p+1. The molecule has 10 N–H and O–H groups in total. The molecule has 0 rings (SSSR count). The highest BCUT2D eigenvalue weighted by Gasteiger charge is 1.45. The Balaban J connectivity index is -0.00000000750. The summed E-state index contributed by atoms with van der Waals surface area (Å²) in [7, 11) is 0. The van der Waals surface area contributed by atoms with Crippen molar-refractivity contribution in [3.8, 4) is 0 Å². The van der Waals surface area contributed by atoms with Gasteiger partial charge < -0.3 is 37.9 Å². The summed E-state index contributed by atoms with van der Waals surface area (Å²) in [5.41, 5.74) is 0. The molecule has 0 bridgehead atoms. The first-order valence-corrected chi connectivity index (χ1v) is 0.548. The predicted octanol–water partition coefficient (Wildman–Crippen LogP) is -2.34. The van der Waals surface area contributed by atoms with Crippen molar-refractivity contribution >= 4 is 0 Å². The van der Waals surface area contributed by atoms with E-state index in [-0.39, 0.29) is 22.6 Å². The van der Waals surface area contributed by atoms with Crippen molar-refractivity contribution in [3.63, 3.8) is 0 Å². The third-order valence-corrected chi connectivity index (χ3v) is 0. The summed E-state index contributed by atoms with van der Waals surface area (Å²) in [6.07, 6.45) is 0. The number of hydrogen-bond donors (Lipinski definition) is 1. The zero-order valence-electron chi connectivity index (χ0n) is 4.17. The fourth-order valence-corrected chi connectivity index (χ4v) is 0. The van der Waals surface area contributed by atoms with Gasteiger partial charge in [0.25, 0.3) is 0 Å². The van der Waals surface area contributed by atoms with Crippen LogP contribution in [0.1, 0.15) is 0 Å². The molecule has 8 nitrogen and oxygen atoms in total. The molecule has 0 aliphatic rings. The Kier molecular flexibility index (Phi) is 284. The third kappa shape index (κ3) is 89.3. The first-order valence-electron chi connectivity index (χ1n) is 0.548. The molecular formula is H10N2O6. The largest absolute Gasteiger partial charge is 0.412 e. The fraction of sp³-hybridized carbons (Fsp3) is 0. The van der Waals surface area contributed by atoms with Gasteiger partial charge in [0.2, 0.25) is 0 Å². The molecule has 56 valence electrons. The van der Waals surface area contributed by atoms with Crippen LogP contribution in [-0.4, -0.2) is 21.5 Å². The van der Waals surface area contributed by atoms with E-state index in [2.05, 4.69) is 0 Å². The molecule has 8 heteroatoms. The molecular weight excluding hydrogens is 124 g/mol. The van der Waals surface area contributed by atoms with Crippen LogP contribution in [0.5, 0.6) is 0 Å². The second-order valence-corrected chi connectivity index (χ2v) is 0.224. The zero-order chi connectivity index (χ0) is 3.58. The normalized spacial score (nSPS) is 3.00. The van der Waals surface area contributed by atoms with E-state index in [0.717, 1.165) is 0 Å². The molecule has 0 aromatic carbocycles. The highest BCUT2D eigenvalue weighted by atomic mass is 16.9. The molecule has 0 radical (unpaired) electrons. The summed E-state index contributed by atoms with van der Waals surface area (Å²) in [5.74, 6) is 0. The van der Waals surface area contributed by atoms with Crippen LogP contribution in [-0.2, 0) is 0 Å². The molecule has 0 aromatic heterocycles. The number of hydrogen-bond acceptors (Lipinski definition) is 3. The summed E-state index contributed by atoms with van der Waals surface area (Å²) in [6.45, 7) is 0. The van der Waals surface area contributed by atoms with Gasteiger partial charge in [0.15, 0.2) is 0 Å². The number of rotatable bonds is 0. The summed E-state index contributed by atoms with van der Waals surface area (Å²) in [4.78, 5) is 8.25. The van der Waals surface area contributed by atoms with Gasteiger partial charge in [-0.2, -0.15) is 0 Å². The van der Waals surface area contributed by atoms with E-state index < -0.39 is 5.09 Å². The first kappa shape index (κ1) is 61.7. The van der Waals surface area contributed by atoms with Crippen molar-refractivity contribution in [2.24, 2.45) is 0 Å². The highest BCUT2D eigenvalue weighted by molar-refractivity contribution is 4.03. The average Bonchev–Trinajstić information content (AvgIpc) is 0.811. The van der Waals surface area contributed by atoms with E-state index in [0.29, 0.717) is 0 Å². The van der Waals surface area contributed by atoms with Gasteiger partial charge in [-0.3, -0.25) is 0 Å². The van der Waals surface area contributed by atoms with E-state index in [9.17, 15) is 0 Å². The molecule has 0 aromatic rings. The van der Waals surface area contributed by atoms with Crippen LogP contribution in [0.25, 0.3) is 0 Å². The van der Waals surface area contributed by atoms with Gasteiger partial charge >= 0.3 is 0 Å². The van der Waals surface area contributed by atoms with Crippen LogP contribution in [0.4, 0.5) is 0 Å². The second kappa shape index (κ2) is 36.9. The topological polar surface area (TPSA) is 197 Å². The van der Waals surface area contributed by atoms with Gasteiger partial charge in [-0.15, -0.1) is 0 Å². The molecule has 0 saturated carbocycles. The van der Waals surface area contributed by atoms with E-state index >= 15 is 0 Å². The SMILES string of the molecule is O.O.O.O=[N+]([O-])[O-].[NH4+]. The van der Waals surface area contributed by atoms with Crippen molar-refractivity contribution in [2.45, 2.75) is 0 Å². The summed E-state index contributed by atoms with van der Waals surface area (Å²) in [5, 5.41) is 14.8. The van der Waals surface area contributed by atoms with E-state index in [1.54, 1.807) is 0 Å². The third-order valence-electron chi connectivity index (χ3n) is 0. The van der Waals surface area contributed by atoms with Gasteiger partial charge in [-0.1, -0.05) is 0 Å². The molecule has 0 amide bonds. The van der Waals surface area contributed by atoms with Gasteiger partial charge in [0, 0.05) is 0 Å². The zero-order valence-corrected chi connectivity index (χ0v) is 4.17. The van der Waals surface area contributed by atoms with E-state index in [4.69, 9.17) is 15.3 Å². The van der Waals surface area contributed by atoms with Crippen molar-refractivity contribution < 1.29 is 21.5 Å². The summed E-state index contributed by atoms with van der Waals surface area (Å²) >= 11 is 0. The Labute approximate surface area is 44.4 Å². The lowest BCUT2D eigenvalue weighted by molar-refractivity contribution is -0.402. The summed E-state index contributed by atoms with van der Waals surface area (Å²) in [6, 6.07) is 0. The molecule has 0 saturated heterocycles. The van der Waals surface area contributed by atoms with Crippen LogP contribution in [0.2, 0.25) is 0 Å². The molecule has 8 heavy (non-hydrogen) atoms. The lowest BCUT2D eigenvalue weighted by atomic mass is 13.1. The van der Waals surface area contributed by atoms with Crippen LogP contribution >= 0.6 is 0 Å². The minimum absolute atomic E-state index is 0. The Bertz CT molecular complexity index is 29.5. The summed E-state index contributed by atoms with van der Waals surface area (Å²) < 4.78 is 0. The Morgan fingerprint density at radius 2 is 1.00 bits per heavy atom. The second-order valence-electron chi connectivity index (χ2n) is 0.224. The average molecular weight is 134 g/mol. The maximum absolute atomic E-state index is 8.25. The minimum Gasteiger partial charge on any atom is -0.412 e. The molecule has 0 aliphatic heterocycles. The van der Waals surface area contributed by atoms with Crippen LogP contribution in [0, 0.1) is 15.3 Å². The van der Waals surface area contributed by atoms with Gasteiger partial charge in [0.05, 0.1) is 5.09 Å². The maximum Gasteiger partial charge on any atom is 0.0689 e. The Hall–Kier alpha value is -0.960. The van der Waals surface area contributed by atoms with Gasteiger partial charge in [-0.25, -0.2) is 0 Å². The lowest BCUT2D eigenvalue weighted by Gasteiger charge is -1.74. The van der Waals surface area contributed by atoms with Gasteiger partial charge in [-0.05, 0) is 0 Å². The van der Waals surface area contributed by atoms with Crippen molar-refractivity contribution in [2.75, 3.05) is 0 Å². The Morgan fingerprint density at radius 1 is 1.00 bits per heavy atom. The molecule has 0 unspecified atom stereocenters. The predicted molar refractivity (Wildman–Crippen MR) is 27.2 cm³/mol. The quantitative estimate of drug-likeness (QED) is 0.286. The monoisotopic (exact) mass is 134 g/mol. The van der Waals surface area contributed by atoms with Crippen molar-refractivity contribution in [1.29, 1.82) is 0 Å². The minimum atomic E-state index is -1.75. The molecule has 0 aliphatic carbocycles.